The van der Waals surface area contributed by atoms with E-state index in [-0.39, 0.29) is 18.0 Å². The van der Waals surface area contributed by atoms with Gasteiger partial charge >= 0.3 is 5.97 Å². The first-order valence-electron chi connectivity index (χ1n) is 7.67. The van der Waals surface area contributed by atoms with Crippen molar-refractivity contribution in [2.24, 2.45) is 11.8 Å². The summed E-state index contributed by atoms with van der Waals surface area (Å²) in [7, 11) is 0. The molecule has 5 nitrogen and oxygen atoms in total. The summed E-state index contributed by atoms with van der Waals surface area (Å²) in [5.41, 5.74) is 0.0818. The Morgan fingerprint density at radius 3 is 3.00 bits per heavy atom. The molecule has 4 atom stereocenters. The van der Waals surface area contributed by atoms with Crippen LogP contribution in [0.25, 0.3) is 0 Å². The summed E-state index contributed by atoms with van der Waals surface area (Å²) in [4.78, 5) is 27.0. The highest BCUT2D eigenvalue weighted by Crippen LogP contribution is 2.53. The Morgan fingerprint density at radius 1 is 1.48 bits per heavy atom. The molecule has 1 aromatic rings. The standard InChI is InChI=1S/C17H16BrNO4/c1-2-22-16(21)13-12-7-8-17(23-12)9-19(15(20)14(13)17)11-6-4-3-5-10(11)18/h3-8,12-14H,2,9H2,1H3/t12-,13-,14-,17+/m0/s1. The van der Waals surface area contributed by atoms with E-state index in [2.05, 4.69) is 15.9 Å². The molecule has 1 spiro atoms. The lowest BCUT2D eigenvalue weighted by atomic mass is 9.77. The van der Waals surface area contributed by atoms with Gasteiger partial charge in [-0.05, 0) is 35.0 Å². The van der Waals surface area contributed by atoms with Gasteiger partial charge in [0, 0.05) is 4.47 Å². The average molecular weight is 378 g/mol. The van der Waals surface area contributed by atoms with Crippen molar-refractivity contribution in [3.63, 3.8) is 0 Å². The van der Waals surface area contributed by atoms with E-state index in [1.165, 1.54) is 0 Å². The van der Waals surface area contributed by atoms with Crippen LogP contribution in [0, 0.1) is 11.8 Å². The Kier molecular flexibility index (Phi) is 3.35. The van der Waals surface area contributed by atoms with Crippen LogP contribution in [0.1, 0.15) is 6.92 Å². The van der Waals surface area contributed by atoms with Gasteiger partial charge in [0.1, 0.15) is 11.5 Å². The summed E-state index contributed by atoms with van der Waals surface area (Å²) in [6, 6.07) is 7.56. The van der Waals surface area contributed by atoms with Gasteiger partial charge in [-0.3, -0.25) is 9.59 Å². The smallest absolute Gasteiger partial charge is 0.312 e. The highest BCUT2D eigenvalue weighted by molar-refractivity contribution is 9.10. The van der Waals surface area contributed by atoms with Crippen molar-refractivity contribution in [1.82, 2.24) is 0 Å². The van der Waals surface area contributed by atoms with E-state index >= 15 is 0 Å². The minimum Gasteiger partial charge on any atom is -0.466 e. The molecule has 23 heavy (non-hydrogen) atoms. The monoisotopic (exact) mass is 377 g/mol. The fourth-order valence-electron chi connectivity index (χ4n) is 3.88. The lowest BCUT2D eigenvalue weighted by molar-refractivity contribution is -0.151. The van der Waals surface area contributed by atoms with Crippen LogP contribution in [0.5, 0.6) is 0 Å². The minimum atomic E-state index is -0.714. The second-order valence-corrected chi connectivity index (χ2v) is 6.88. The van der Waals surface area contributed by atoms with Gasteiger partial charge in [-0.1, -0.05) is 24.3 Å². The first kappa shape index (κ1) is 14.9. The first-order chi connectivity index (χ1) is 11.1. The topological polar surface area (TPSA) is 55.8 Å². The molecule has 2 fully saturated rings. The van der Waals surface area contributed by atoms with Crippen molar-refractivity contribution in [1.29, 1.82) is 0 Å². The number of rotatable bonds is 3. The molecule has 4 rings (SSSR count). The normalized spacial score (nSPS) is 34.1. The molecule has 0 N–H and O–H groups in total. The molecule has 6 heteroatoms. The van der Waals surface area contributed by atoms with E-state index in [4.69, 9.17) is 9.47 Å². The van der Waals surface area contributed by atoms with Crippen LogP contribution in [0.2, 0.25) is 0 Å². The largest absolute Gasteiger partial charge is 0.466 e. The van der Waals surface area contributed by atoms with E-state index in [0.717, 1.165) is 10.2 Å². The minimum absolute atomic E-state index is 0.0817. The van der Waals surface area contributed by atoms with Gasteiger partial charge in [0.15, 0.2) is 0 Å². The summed E-state index contributed by atoms with van der Waals surface area (Å²) < 4.78 is 12.0. The maximum atomic E-state index is 13.0. The number of nitrogens with zero attached hydrogens (tertiary/aromatic N) is 1. The molecule has 2 saturated heterocycles. The molecule has 0 unspecified atom stereocenters. The number of ether oxygens (including phenoxy) is 2. The van der Waals surface area contributed by atoms with E-state index < -0.39 is 17.4 Å². The highest BCUT2D eigenvalue weighted by atomic mass is 79.9. The molecular formula is C17H16BrNO4. The number of benzene rings is 1. The molecule has 2 bridgehead atoms. The number of hydrogen-bond acceptors (Lipinski definition) is 4. The molecule has 1 aromatic carbocycles. The predicted octanol–water partition coefficient (Wildman–Crippen LogP) is 2.30. The number of anilines is 1. The molecule has 1 amide bonds. The van der Waals surface area contributed by atoms with E-state index in [9.17, 15) is 9.59 Å². The van der Waals surface area contributed by atoms with Crippen LogP contribution >= 0.6 is 15.9 Å². The number of esters is 1. The first-order valence-corrected chi connectivity index (χ1v) is 8.46. The molecule has 3 aliphatic heterocycles. The van der Waals surface area contributed by atoms with Gasteiger partial charge in [0.05, 0.1) is 30.9 Å². The molecule has 0 saturated carbocycles. The fraction of sp³-hybridized carbons (Fsp3) is 0.412. The molecule has 0 aromatic heterocycles. The van der Waals surface area contributed by atoms with Crippen LogP contribution in [-0.4, -0.2) is 36.7 Å². The number of halogens is 1. The second-order valence-electron chi connectivity index (χ2n) is 6.03. The third-order valence-corrected chi connectivity index (χ3v) is 5.47. The summed E-state index contributed by atoms with van der Waals surface area (Å²) in [6.45, 7) is 2.48. The van der Waals surface area contributed by atoms with Crippen LogP contribution in [0.15, 0.2) is 40.9 Å². The number of fused-ring (bicyclic) bond motifs is 1. The van der Waals surface area contributed by atoms with Gasteiger partial charge in [0.2, 0.25) is 5.91 Å². The lowest BCUT2D eigenvalue weighted by Gasteiger charge is -2.22. The Bertz CT molecular complexity index is 718. The summed E-state index contributed by atoms with van der Waals surface area (Å²) in [5.74, 6) is -1.50. The SMILES string of the molecule is CCOC(=O)[C@H]1[C@@H]2C=C[C@]3(CN(c4ccccc4Br)C(=O)[C@H]13)O2. The lowest BCUT2D eigenvalue weighted by Crippen LogP contribution is -2.40. The van der Waals surface area contributed by atoms with E-state index in [0.29, 0.717) is 13.2 Å². The Morgan fingerprint density at radius 2 is 2.26 bits per heavy atom. The molecular weight excluding hydrogens is 362 g/mol. The quantitative estimate of drug-likeness (QED) is 0.598. The molecule has 120 valence electrons. The summed E-state index contributed by atoms with van der Waals surface area (Å²) in [5, 5.41) is 0. The fourth-order valence-corrected chi connectivity index (χ4v) is 4.38. The van der Waals surface area contributed by atoms with Gasteiger partial charge in [-0.25, -0.2) is 0 Å². The van der Waals surface area contributed by atoms with Crippen molar-refractivity contribution in [3.8, 4) is 0 Å². The zero-order valence-electron chi connectivity index (χ0n) is 12.6. The second kappa shape index (κ2) is 5.18. The highest BCUT2D eigenvalue weighted by Gasteiger charge is 2.67. The van der Waals surface area contributed by atoms with E-state index in [1.807, 2.05) is 36.4 Å². The van der Waals surface area contributed by atoms with Crippen LogP contribution in [-0.2, 0) is 19.1 Å². The van der Waals surface area contributed by atoms with Crippen LogP contribution < -0.4 is 4.90 Å². The van der Waals surface area contributed by atoms with Crippen molar-refractivity contribution in [2.45, 2.75) is 18.6 Å². The predicted molar refractivity (Wildman–Crippen MR) is 86.9 cm³/mol. The summed E-state index contributed by atoms with van der Waals surface area (Å²) >= 11 is 3.49. The van der Waals surface area contributed by atoms with Crippen LogP contribution in [0.3, 0.4) is 0 Å². The van der Waals surface area contributed by atoms with Crippen molar-refractivity contribution in [3.05, 3.63) is 40.9 Å². The Balaban J connectivity index is 1.71. The third kappa shape index (κ3) is 2.01. The van der Waals surface area contributed by atoms with Crippen molar-refractivity contribution < 1.29 is 19.1 Å². The van der Waals surface area contributed by atoms with Crippen molar-refractivity contribution in [2.75, 3.05) is 18.1 Å². The van der Waals surface area contributed by atoms with Gasteiger partial charge < -0.3 is 14.4 Å². The number of amides is 1. The van der Waals surface area contributed by atoms with Crippen LogP contribution in [0.4, 0.5) is 5.69 Å². The number of para-hydroxylation sites is 1. The van der Waals surface area contributed by atoms with Gasteiger partial charge in [-0.2, -0.15) is 0 Å². The molecule has 0 aliphatic carbocycles. The maximum Gasteiger partial charge on any atom is 0.312 e. The molecule has 3 aliphatic rings. The van der Waals surface area contributed by atoms with Gasteiger partial charge in [-0.15, -0.1) is 0 Å². The number of carbonyl (C=O) groups is 2. The number of carbonyl (C=O) groups excluding carboxylic acids is 2. The zero-order valence-corrected chi connectivity index (χ0v) is 14.2. The Labute approximate surface area is 142 Å². The third-order valence-electron chi connectivity index (χ3n) is 4.80. The average Bonchev–Trinajstić information content (AvgIpc) is 3.16. The zero-order chi connectivity index (χ0) is 16.2. The Hall–Kier alpha value is -1.66. The molecule has 3 heterocycles. The van der Waals surface area contributed by atoms with E-state index in [1.54, 1.807) is 11.8 Å². The molecule has 0 radical (unpaired) electrons. The van der Waals surface area contributed by atoms with Gasteiger partial charge in [0.25, 0.3) is 0 Å². The number of hydrogen-bond donors (Lipinski definition) is 0. The summed E-state index contributed by atoms with van der Waals surface area (Å²) in [6.07, 6.45) is 3.46. The maximum absolute atomic E-state index is 13.0. The van der Waals surface area contributed by atoms with Crippen molar-refractivity contribution >= 4 is 33.5 Å².